The molecule has 3 amide bonds. The second-order valence-corrected chi connectivity index (χ2v) is 3.91. The third-order valence-corrected chi connectivity index (χ3v) is 2.50. The number of amides is 3. The summed E-state index contributed by atoms with van der Waals surface area (Å²) in [5.41, 5.74) is 6.65. The summed E-state index contributed by atoms with van der Waals surface area (Å²) in [5, 5.41) is 8.10. The minimum absolute atomic E-state index is 0.182. The number of benzene rings is 1. The molecule has 0 saturated carbocycles. The highest BCUT2D eigenvalue weighted by molar-refractivity contribution is 5.91. The fourth-order valence-electron chi connectivity index (χ4n) is 1.40. The lowest BCUT2D eigenvalue weighted by molar-refractivity contribution is -0.117. The molecule has 0 saturated heterocycles. The van der Waals surface area contributed by atoms with E-state index < -0.39 is 11.9 Å². The van der Waals surface area contributed by atoms with Gasteiger partial charge in [0.25, 0.3) is 0 Å². The Labute approximate surface area is 106 Å². The summed E-state index contributed by atoms with van der Waals surface area (Å²) in [5.74, 6) is -0.581. The van der Waals surface area contributed by atoms with Crippen LogP contribution in [-0.2, 0) is 4.79 Å². The zero-order valence-electron chi connectivity index (χ0n) is 10.5. The molecule has 1 atom stereocenters. The molecule has 1 rings (SSSR count). The fraction of sp³-hybridized carbons (Fsp3) is 0.333. The van der Waals surface area contributed by atoms with Gasteiger partial charge in [-0.2, -0.15) is 0 Å². The number of urea groups is 1. The van der Waals surface area contributed by atoms with Crippen molar-refractivity contribution >= 4 is 17.6 Å². The first kappa shape index (κ1) is 14.0. The number of rotatable bonds is 5. The molecule has 1 unspecified atom stereocenters. The van der Waals surface area contributed by atoms with E-state index in [-0.39, 0.29) is 12.6 Å². The van der Waals surface area contributed by atoms with Crippen molar-refractivity contribution < 1.29 is 9.59 Å². The molecule has 1 aromatic rings. The molecule has 0 aliphatic carbocycles. The molecule has 0 heterocycles. The van der Waals surface area contributed by atoms with E-state index in [0.717, 1.165) is 5.56 Å². The van der Waals surface area contributed by atoms with E-state index in [1.807, 2.05) is 32.2 Å². The Hall–Kier alpha value is -2.08. The molecule has 18 heavy (non-hydrogen) atoms. The van der Waals surface area contributed by atoms with Gasteiger partial charge >= 0.3 is 6.03 Å². The van der Waals surface area contributed by atoms with Gasteiger partial charge in [-0.15, -0.1) is 0 Å². The first-order valence-corrected chi connectivity index (χ1v) is 5.63. The van der Waals surface area contributed by atoms with Gasteiger partial charge in [0.1, 0.15) is 0 Å². The summed E-state index contributed by atoms with van der Waals surface area (Å²) >= 11 is 0. The standard InChI is InChI=1S/C12H18N4O2/c1-8(14-2)9-4-3-5-10(6-9)16-12(18)15-7-11(13)17/h3-6,8,14H,7H2,1-2H3,(H2,13,17)(H2,15,16,18). The van der Waals surface area contributed by atoms with Crippen LogP contribution in [0.4, 0.5) is 10.5 Å². The number of hydrogen-bond acceptors (Lipinski definition) is 3. The largest absolute Gasteiger partial charge is 0.368 e. The minimum Gasteiger partial charge on any atom is -0.368 e. The van der Waals surface area contributed by atoms with Gasteiger partial charge < -0.3 is 21.7 Å². The van der Waals surface area contributed by atoms with Crippen molar-refractivity contribution in [3.05, 3.63) is 29.8 Å². The number of carbonyl (C=O) groups excluding carboxylic acids is 2. The van der Waals surface area contributed by atoms with Crippen molar-refractivity contribution in [2.24, 2.45) is 5.73 Å². The SMILES string of the molecule is CNC(C)c1cccc(NC(=O)NCC(N)=O)c1. The number of nitrogens with one attached hydrogen (secondary N) is 3. The highest BCUT2D eigenvalue weighted by Crippen LogP contribution is 2.16. The molecule has 6 heteroatoms. The molecule has 5 N–H and O–H groups in total. The Morgan fingerprint density at radius 1 is 1.39 bits per heavy atom. The molecule has 0 radical (unpaired) electrons. The maximum atomic E-state index is 11.4. The Morgan fingerprint density at radius 2 is 2.11 bits per heavy atom. The van der Waals surface area contributed by atoms with Crippen LogP contribution in [0.3, 0.4) is 0 Å². The van der Waals surface area contributed by atoms with Gasteiger partial charge in [-0.25, -0.2) is 4.79 Å². The van der Waals surface area contributed by atoms with Gasteiger partial charge in [0.2, 0.25) is 5.91 Å². The number of hydrogen-bond donors (Lipinski definition) is 4. The highest BCUT2D eigenvalue weighted by Gasteiger charge is 2.06. The van der Waals surface area contributed by atoms with E-state index in [2.05, 4.69) is 16.0 Å². The van der Waals surface area contributed by atoms with E-state index in [0.29, 0.717) is 5.69 Å². The van der Waals surface area contributed by atoms with Crippen LogP contribution in [-0.4, -0.2) is 25.5 Å². The number of primary amides is 1. The highest BCUT2D eigenvalue weighted by atomic mass is 16.2. The van der Waals surface area contributed by atoms with Crippen molar-refractivity contribution in [1.29, 1.82) is 0 Å². The topological polar surface area (TPSA) is 96.2 Å². The molecule has 98 valence electrons. The predicted molar refractivity (Wildman–Crippen MR) is 70.1 cm³/mol. The molecule has 0 aliphatic rings. The number of carbonyl (C=O) groups is 2. The average molecular weight is 250 g/mol. The zero-order valence-corrected chi connectivity index (χ0v) is 10.5. The lowest BCUT2D eigenvalue weighted by atomic mass is 10.1. The van der Waals surface area contributed by atoms with E-state index in [1.54, 1.807) is 6.07 Å². The quantitative estimate of drug-likeness (QED) is 0.615. The normalized spacial score (nSPS) is 11.7. The number of anilines is 1. The monoisotopic (exact) mass is 250 g/mol. The van der Waals surface area contributed by atoms with Gasteiger partial charge in [-0.1, -0.05) is 12.1 Å². The van der Waals surface area contributed by atoms with E-state index in [9.17, 15) is 9.59 Å². The predicted octanol–water partition coefficient (Wildman–Crippen LogP) is 0.574. The van der Waals surface area contributed by atoms with Crippen molar-refractivity contribution in [2.75, 3.05) is 18.9 Å². The van der Waals surface area contributed by atoms with Crippen LogP contribution in [0.1, 0.15) is 18.5 Å². The van der Waals surface area contributed by atoms with Gasteiger partial charge in [-0.05, 0) is 31.7 Å². The summed E-state index contributed by atoms with van der Waals surface area (Å²) in [7, 11) is 1.87. The van der Waals surface area contributed by atoms with Crippen LogP contribution in [0, 0.1) is 0 Å². The van der Waals surface area contributed by atoms with Crippen LogP contribution < -0.4 is 21.7 Å². The molecule has 6 nitrogen and oxygen atoms in total. The summed E-state index contributed by atoms with van der Waals surface area (Å²) in [4.78, 5) is 21.9. The Morgan fingerprint density at radius 3 is 2.72 bits per heavy atom. The number of nitrogens with two attached hydrogens (primary N) is 1. The second-order valence-electron chi connectivity index (χ2n) is 3.91. The Bertz CT molecular complexity index is 434. The van der Waals surface area contributed by atoms with Gasteiger partial charge in [-0.3, -0.25) is 4.79 Å². The molecular formula is C12H18N4O2. The van der Waals surface area contributed by atoms with Crippen molar-refractivity contribution in [3.8, 4) is 0 Å². The van der Waals surface area contributed by atoms with Crippen LogP contribution in [0.2, 0.25) is 0 Å². The lowest BCUT2D eigenvalue weighted by Gasteiger charge is -2.12. The average Bonchev–Trinajstić information content (AvgIpc) is 2.35. The van der Waals surface area contributed by atoms with Crippen molar-refractivity contribution in [3.63, 3.8) is 0 Å². The van der Waals surface area contributed by atoms with Crippen LogP contribution in [0.5, 0.6) is 0 Å². The minimum atomic E-state index is -0.581. The van der Waals surface area contributed by atoms with Gasteiger partial charge in [0.15, 0.2) is 0 Å². The fourth-order valence-corrected chi connectivity index (χ4v) is 1.40. The van der Waals surface area contributed by atoms with E-state index >= 15 is 0 Å². The van der Waals surface area contributed by atoms with Crippen molar-refractivity contribution in [1.82, 2.24) is 10.6 Å². The van der Waals surface area contributed by atoms with Crippen LogP contribution >= 0.6 is 0 Å². The van der Waals surface area contributed by atoms with Gasteiger partial charge in [0, 0.05) is 11.7 Å². The van der Waals surface area contributed by atoms with E-state index in [1.165, 1.54) is 0 Å². The third-order valence-electron chi connectivity index (χ3n) is 2.50. The van der Waals surface area contributed by atoms with E-state index in [4.69, 9.17) is 5.73 Å². The molecular weight excluding hydrogens is 232 g/mol. The molecule has 0 bridgehead atoms. The maximum Gasteiger partial charge on any atom is 0.319 e. The van der Waals surface area contributed by atoms with Crippen LogP contribution in [0.25, 0.3) is 0 Å². The van der Waals surface area contributed by atoms with Gasteiger partial charge in [0.05, 0.1) is 6.54 Å². The Balaban J connectivity index is 2.61. The molecule has 0 aromatic heterocycles. The molecule has 0 fully saturated rings. The molecule has 0 aliphatic heterocycles. The first-order valence-electron chi connectivity index (χ1n) is 5.63. The lowest BCUT2D eigenvalue weighted by Crippen LogP contribution is -2.36. The second kappa shape index (κ2) is 6.61. The first-order chi connectivity index (χ1) is 8.52. The smallest absolute Gasteiger partial charge is 0.319 e. The Kier molecular flexibility index (Phi) is 5.13. The summed E-state index contributed by atoms with van der Waals surface area (Å²) < 4.78 is 0. The molecule has 0 spiro atoms. The summed E-state index contributed by atoms with van der Waals surface area (Å²) in [6.07, 6.45) is 0. The van der Waals surface area contributed by atoms with Crippen LogP contribution in [0.15, 0.2) is 24.3 Å². The summed E-state index contributed by atoms with van der Waals surface area (Å²) in [6.45, 7) is 1.84. The maximum absolute atomic E-state index is 11.4. The zero-order chi connectivity index (χ0) is 13.5. The van der Waals surface area contributed by atoms with Crippen molar-refractivity contribution in [2.45, 2.75) is 13.0 Å². The molecule has 1 aromatic carbocycles. The summed E-state index contributed by atoms with van der Waals surface area (Å²) in [6, 6.07) is 7.20. The third kappa shape index (κ3) is 4.42.